The summed E-state index contributed by atoms with van der Waals surface area (Å²) in [6.45, 7) is 0. The Kier molecular flexibility index (Phi) is 8.98. The average molecular weight is 592 g/mol. The van der Waals surface area contributed by atoms with Crippen LogP contribution in [0.25, 0.3) is 0 Å². The quantitative estimate of drug-likeness (QED) is 0.105. The number of aliphatic hydroxyl groups is 2. The predicted octanol–water partition coefficient (Wildman–Crippen LogP) is -0.383. The number of rotatable bonds is 10. The molecule has 7 atom stereocenters. The molecule has 7 N–H and O–H groups in total. The number of aromatic amines is 1. The van der Waals surface area contributed by atoms with E-state index in [0.717, 1.165) is 16.8 Å². The van der Waals surface area contributed by atoms with E-state index < -0.39 is 64.7 Å². The normalized spacial score (nSPS) is 26.7. The standard InChI is InChI=1S/C15H19N2O15P3S/c18-9-6-7-17(15(21)16-9)13-11(20)10(19)12(29-13)14(36-8-4-2-1-3-5-8)30-34(25,26)32-35(27,28)31-33(22,23)24/h1-7,10-14,19-20H,(H,25,26)(H,27,28)(H,16,18,21)(H2,22,23,24)/t10-,11+,12-,13+,14?/m0/s1. The number of nitrogens with zero attached hydrogens (tertiary/aromatic N) is 1. The van der Waals surface area contributed by atoms with Gasteiger partial charge in [-0.05, 0) is 12.1 Å². The molecule has 3 unspecified atom stereocenters. The van der Waals surface area contributed by atoms with Crippen molar-refractivity contribution in [3.05, 3.63) is 63.4 Å². The van der Waals surface area contributed by atoms with Crippen molar-refractivity contribution in [2.75, 3.05) is 0 Å². The number of hydrogen-bond acceptors (Lipinski definition) is 12. The van der Waals surface area contributed by atoms with Crippen LogP contribution in [-0.4, -0.2) is 63.1 Å². The van der Waals surface area contributed by atoms with Gasteiger partial charge >= 0.3 is 29.2 Å². The highest BCUT2D eigenvalue weighted by Crippen LogP contribution is 2.67. The van der Waals surface area contributed by atoms with E-state index in [-0.39, 0.29) is 0 Å². The Morgan fingerprint density at radius 2 is 1.58 bits per heavy atom. The van der Waals surface area contributed by atoms with Gasteiger partial charge in [0.25, 0.3) is 5.56 Å². The zero-order valence-electron chi connectivity index (χ0n) is 17.5. The summed E-state index contributed by atoms with van der Waals surface area (Å²) < 4.78 is 53.5. The van der Waals surface area contributed by atoms with Crippen LogP contribution in [0.5, 0.6) is 0 Å². The van der Waals surface area contributed by atoms with E-state index in [1.54, 1.807) is 18.2 Å². The van der Waals surface area contributed by atoms with Gasteiger partial charge in [-0.2, -0.15) is 8.62 Å². The van der Waals surface area contributed by atoms with Gasteiger partial charge in [0.2, 0.25) is 0 Å². The first kappa shape index (κ1) is 29.1. The molecule has 1 aliphatic heterocycles. The van der Waals surface area contributed by atoms with Crippen LogP contribution in [0.2, 0.25) is 0 Å². The molecule has 36 heavy (non-hydrogen) atoms. The fourth-order valence-corrected chi connectivity index (χ4v) is 7.46. The Morgan fingerprint density at radius 1 is 0.944 bits per heavy atom. The molecule has 1 fully saturated rings. The van der Waals surface area contributed by atoms with Crippen LogP contribution in [0.4, 0.5) is 0 Å². The molecular weight excluding hydrogens is 573 g/mol. The maximum Gasteiger partial charge on any atom is 0.490 e. The third-order valence-electron chi connectivity index (χ3n) is 4.32. The molecular formula is C15H19N2O15P3S. The van der Waals surface area contributed by atoms with E-state index in [1.807, 2.05) is 4.98 Å². The molecule has 21 heteroatoms. The molecule has 1 aromatic heterocycles. The maximum absolute atomic E-state index is 12.4. The highest BCUT2D eigenvalue weighted by atomic mass is 32.2. The molecule has 17 nitrogen and oxygen atoms in total. The minimum Gasteiger partial charge on any atom is -0.387 e. The summed E-state index contributed by atoms with van der Waals surface area (Å²) in [5.74, 6) is 0. The van der Waals surface area contributed by atoms with E-state index in [4.69, 9.17) is 19.0 Å². The van der Waals surface area contributed by atoms with Crippen molar-refractivity contribution in [3.8, 4) is 0 Å². The maximum atomic E-state index is 12.4. The van der Waals surface area contributed by atoms with Crippen molar-refractivity contribution in [2.45, 2.75) is 34.9 Å². The van der Waals surface area contributed by atoms with Gasteiger partial charge in [-0.3, -0.25) is 18.9 Å². The molecule has 0 aliphatic carbocycles. The highest BCUT2D eigenvalue weighted by molar-refractivity contribution is 8.00. The number of H-pyrrole nitrogens is 1. The number of nitrogens with one attached hydrogen (secondary N) is 1. The summed E-state index contributed by atoms with van der Waals surface area (Å²) in [6, 6.07) is 8.69. The largest absolute Gasteiger partial charge is 0.490 e. The van der Waals surface area contributed by atoms with Gasteiger partial charge in [-0.15, -0.1) is 0 Å². The highest BCUT2D eigenvalue weighted by Gasteiger charge is 2.51. The molecule has 0 saturated carbocycles. The number of hydrogen-bond donors (Lipinski definition) is 7. The second-order valence-corrected chi connectivity index (χ2v) is 12.5. The molecule has 0 radical (unpaired) electrons. The SMILES string of the molecule is O=c1ccn([C@@H]2O[C@H](C(OP(=O)(O)OP(=O)(O)OP(=O)(O)O)Sc3ccccc3)[C@@H](O)[C@H]2O)c(=O)[nH]1. The molecule has 1 aliphatic rings. The lowest BCUT2D eigenvalue weighted by atomic mass is 10.1. The molecule has 2 aromatic rings. The number of aromatic nitrogens is 2. The third-order valence-corrected chi connectivity index (χ3v) is 9.42. The minimum atomic E-state index is -5.85. The van der Waals surface area contributed by atoms with Crippen molar-refractivity contribution >= 4 is 35.2 Å². The van der Waals surface area contributed by atoms with Crippen molar-refractivity contribution in [1.82, 2.24) is 9.55 Å². The number of benzene rings is 1. The molecule has 1 saturated heterocycles. The summed E-state index contributed by atoms with van der Waals surface area (Å²) in [5, 5.41) is 21.0. The first-order valence-electron chi connectivity index (χ1n) is 9.44. The van der Waals surface area contributed by atoms with E-state index >= 15 is 0 Å². The van der Waals surface area contributed by atoms with Gasteiger partial charge in [-0.1, -0.05) is 30.0 Å². The first-order valence-corrected chi connectivity index (χ1v) is 14.8. The molecule has 2 heterocycles. The number of thioether (sulfide) groups is 1. The Balaban J connectivity index is 1.91. The third kappa shape index (κ3) is 7.77. The van der Waals surface area contributed by atoms with Gasteiger partial charge in [-0.25, -0.2) is 18.5 Å². The summed E-state index contributed by atoms with van der Waals surface area (Å²) in [7, 11) is -17.2. The van der Waals surface area contributed by atoms with Gasteiger partial charge in [0.1, 0.15) is 23.7 Å². The summed E-state index contributed by atoms with van der Waals surface area (Å²) in [4.78, 5) is 62.4. The van der Waals surface area contributed by atoms with Crippen LogP contribution in [0.15, 0.2) is 57.1 Å². The van der Waals surface area contributed by atoms with E-state index in [2.05, 4.69) is 8.62 Å². The second kappa shape index (κ2) is 11.1. The van der Waals surface area contributed by atoms with Crippen molar-refractivity contribution < 1.29 is 61.4 Å². The second-order valence-electron chi connectivity index (χ2n) is 6.99. The van der Waals surface area contributed by atoms with Gasteiger partial charge in [0, 0.05) is 17.2 Å². The Bertz CT molecular complexity index is 1330. The molecule has 1 aromatic carbocycles. The zero-order valence-corrected chi connectivity index (χ0v) is 21.0. The number of phosphoric ester groups is 1. The van der Waals surface area contributed by atoms with Crippen LogP contribution < -0.4 is 11.2 Å². The molecule has 200 valence electrons. The molecule has 0 spiro atoms. The van der Waals surface area contributed by atoms with Gasteiger partial charge in [0.15, 0.2) is 6.23 Å². The predicted molar refractivity (Wildman–Crippen MR) is 118 cm³/mol. The lowest BCUT2D eigenvalue weighted by Crippen LogP contribution is -2.39. The van der Waals surface area contributed by atoms with E-state index in [0.29, 0.717) is 16.7 Å². The molecule has 0 amide bonds. The fourth-order valence-electron chi connectivity index (χ4n) is 2.98. The number of phosphoric acid groups is 3. The van der Waals surface area contributed by atoms with Crippen molar-refractivity contribution in [3.63, 3.8) is 0 Å². The van der Waals surface area contributed by atoms with Gasteiger partial charge in [0.05, 0.1) is 0 Å². The van der Waals surface area contributed by atoms with Crippen LogP contribution in [-0.2, 0) is 31.6 Å². The van der Waals surface area contributed by atoms with Gasteiger partial charge < -0.3 is 34.5 Å². The van der Waals surface area contributed by atoms with Crippen LogP contribution in [0.1, 0.15) is 6.23 Å². The number of aliphatic hydroxyl groups excluding tert-OH is 2. The van der Waals surface area contributed by atoms with E-state index in [1.165, 1.54) is 12.1 Å². The first-order chi connectivity index (χ1) is 16.6. The molecule has 3 rings (SSSR count). The smallest absolute Gasteiger partial charge is 0.387 e. The lowest BCUT2D eigenvalue weighted by Gasteiger charge is -2.27. The van der Waals surface area contributed by atoms with Crippen molar-refractivity contribution in [2.24, 2.45) is 0 Å². The zero-order chi connectivity index (χ0) is 26.9. The summed E-state index contributed by atoms with van der Waals surface area (Å²) in [6.07, 6.45) is -6.08. The van der Waals surface area contributed by atoms with Crippen LogP contribution in [0, 0.1) is 0 Å². The topological polar surface area (TPSA) is 264 Å². The Hall–Kier alpha value is -1.46. The number of ether oxygens (including phenoxy) is 1. The minimum absolute atomic E-state index is 0.344. The van der Waals surface area contributed by atoms with Crippen molar-refractivity contribution in [1.29, 1.82) is 0 Å². The lowest BCUT2D eigenvalue weighted by molar-refractivity contribution is -0.0617. The summed E-state index contributed by atoms with van der Waals surface area (Å²) >= 11 is 0.620. The molecule has 0 bridgehead atoms. The Labute approximate surface area is 204 Å². The average Bonchev–Trinajstić information content (AvgIpc) is 3.00. The van der Waals surface area contributed by atoms with E-state index in [9.17, 15) is 43.3 Å². The Morgan fingerprint density at radius 3 is 2.17 bits per heavy atom. The van der Waals surface area contributed by atoms with Crippen LogP contribution in [0.3, 0.4) is 0 Å². The fraction of sp³-hybridized carbons (Fsp3) is 0.333. The van der Waals surface area contributed by atoms with Crippen LogP contribution >= 0.6 is 35.2 Å². The monoisotopic (exact) mass is 592 g/mol. The summed E-state index contributed by atoms with van der Waals surface area (Å²) in [5.41, 5.74) is -3.57.